The smallest absolute Gasteiger partial charge is 0.109 e. The van der Waals surface area contributed by atoms with E-state index in [-0.39, 0.29) is 5.54 Å². The molecule has 1 saturated carbocycles. The molecule has 0 heterocycles. The van der Waals surface area contributed by atoms with Crippen LogP contribution in [-0.4, -0.2) is 36.1 Å². The summed E-state index contributed by atoms with van der Waals surface area (Å²) in [4.78, 5) is 2.49. The first-order chi connectivity index (χ1) is 8.59. The predicted molar refractivity (Wildman–Crippen MR) is 76.4 cm³/mol. The summed E-state index contributed by atoms with van der Waals surface area (Å²) in [7, 11) is 0. The SMILES string of the molecule is CCNC1(C#N)CCCC1CCN(CC)C(C)C. The Bertz CT molecular complexity index is 282. The number of nitriles is 1. The summed E-state index contributed by atoms with van der Waals surface area (Å²) >= 11 is 0. The Morgan fingerprint density at radius 2 is 2.17 bits per heavy atom. The lowest BCUT2D eigenvalue weighted by Crippen LogP contribution is -2.48. The Kier molecular flexibility index (Phi) is 6.11. The molecule has 1 fully saturated rings. The lowest BCUT2D eigenvalue weighted by molar-refractivity contribution is 0.197. The summed E-state index contributed by atoms with van der Waals surface area (Å²) < 4.78 is 0. The minimum absolute atomic E-state index is 0.245. The standard InChI is InChI=1S/C15H29N3/c1-5-17-15(12-16)10-7-8-14(15)9-11-18(6-2)13(3)4/h13-14,17H,5-11H2,1-4H3. The number of nitrogens with one attached hydrogen (secondary N) is 1. The predicted octanol–water partition coefficient (Wildman–Crippen LogP) is 2.78. The van der Waals surface area contributed by atoms with Gasteiger partial charge < -0.3 is 4.90 Å². The first-order valence-electron chi connectivity index (χ1n) is 7.50. The van der Waals surface area contributed by atoms with Crippen molar-refractivity contribution in [2.45, 2.75) is 65.0 Å². The normalized spacial score (nSPS) is 27.9. The topological polar surface area (TPSA) is 39.1 Å². The van der Waals surface area contributed by atoms with Gasteiger partial charge in [-0.05, 0) is 58.7 Å². The lowest BCUT2D eigenvalue weighted by Gasteiger charge is -2.32. The van der Waals surface area contributed by atoms with Crippen molar-refractivity contribution in [1.82, 2.24) is 10.2 Å². The molecule has 0 bridgehead atoms. The van der Waals surface area contributed by atoms with Gasteiger partial charge in [0.1, 0.15) is 5.54 Å². The van der Waals surface area contributed by atoms with E-state index in [0.29, 0.717) is 12.0 Å². The van der Waals surface area contributed by atoms with Gasteiger partial charge in [0.25, 0.3) is 0 Å². The van der Waals surface area contributed by atoms with Crippen molar-refractivity contribution in [2.24, 2.45) is 5.92 Å². The van der Waals surface area contributed by atoms with Crippen LogP contribution < -0.4 is 5.32 Å². The van der Waals surface area contributed by atoms with Crippen molar-refractivity contribution in [3.8, 4) is 6.07 Å². The van der Waals surface area contributed by atoms with E-state index < -0.39 is 0 Å². The zero-order valence-corrected chi connectivity index (χ0v) is 12.5. The fourth-order valence-corrected chi connectivity index (χ4v) is 3.31. The van der Waals surface area contributed by atoms with Crippen LogP contribution >= 0.6 is 0 Å². The summed E-state index contributed by atoms with van der Waals surface area (Å²) in [6.45, 7) is 11.9. The zero-order chi connectivity index (χ0) is 13.6. The van der Waals surface area contributed by atoms with Crippen LogP contribution in [0.5, 0.6) is 0 Å². The second kappa shape index (κ2) is 7.11. The molecule has 3 heteroatoms. The van der Waals surface area contributed by atoms with E-state index in [1.165, 1.54) is 12.8 Å². The van der Waals surface area contributed by atoms with Gasteiger partial charge in [0.05, 0.1) is 6.07 Å². The van der Waals surface area contributed by atoms with Crippen LogP contribution in [0, 0.1) is 17.2 Å². The van der Waals surface area contributed by atoms with Crippen LogP contribution in [0.2, 0.25) is 0 Å². The molecule has 0 amide bonds. The molecule has 1 aliphatic rings. The van der Waals surface area contributed by atoms with Crippen LogP contribution in [0.15, 0.2) is 0 Å². The molecule has 0 aromatic rings. The van der Waals surface area contributed by atoms with Crippen molar-refractivity contribution in [1.29, 1.82) is 5.26 Å². The summed E-state index contributed by atoms with van der Waals surface area (Å²) in [5.74, 6) is 0.523. The van der Waals surface area contributed by atoms with E-state index in [2.05, 4.69) is 44.0 Å². The van der Waals surface area contributed by atoms with E-state index in [0.717, 1.165) is 32.5 Å². The van der Waals surface area contributed by atoms with Crippen LogP contribution in [-0.2, 0) is 0 Å². The molecule has 0 aromatic heterocycles. The van der Waals surface area contributed by atoms with Crippen molar-refractivity contribution < 1.29 is 0 Å². The summed E-state index contributed by atoms with van der Waals surface area (Å²) in [6.07, 6.45) is 4.57. The first-order valence-corrected chi connectivity index (χ1v) is 7.50. The van der Waals surface area contributed by atoms with Crippen LogP contribution in [0.4, 0.5) is 0 Å². The van der Waals surface area contributed by atoms with Crippen LogP contribution in [0.3, 0.4) is 0 Å². The van der Waals surface area contributed by atoms with Crippen molar-refractivity contribution in [2.75, 3.05) is 19.6 Å². The van der Waals surface area contributed by atoms with Crippen molar-refractivity contribution in [3.05, 3.63) is 0 Å². The van der Waals surface area contributed by atoms with Crippen LogP contribution in [0.1, 0.15) is 53.4 Å². The van der Waals surface area contributed by atoms with Crippen LogP contribution in [0.25, 0.3) is 0 Å². The Labute approximate surface area is 113 Å². The second-order valence-electron chi connectivity index (χ2n) is 5.71. The number of rotatable bonds is 7. The summed E-state index contributed by atoms with van der Waals surface area (Å²) in [6, 6.07) is 3.17. The Morgan fingerprint density at radius 1 is 1.44 bits per heavy atom. The lowest BCUT2D eigenvalue weighted by atomic mass is 9.85. The van der Waals surface area contributed by atoms with Crippen molar-refractivity contribution in [3.63, 3.8) is 0 Å². The average molecular weight is 251 g/mol. The van der Waals surface area contributed by atoms with E-state index in [9.17, 15) is 5.26 Å². The third-order valence-corrected chi connectivity index (χ3v) is 4.41. The van der Waals surface area contributed by atoms with Gasteiger partial charge in [-0.3, -0.25) is 5.32 Å². The maximum absolute atomic E-state index is 9.52. The average Bonchev–Trinajstić information content (AvgIpc) is 2.74. The molecular weight excluding hydrogens is 222 g/mol. The highest BCUT2D eigenvalue weighted by atomic mass is 15.1. The largest absolute Gasteiger partial charge is 0.301 e. The molecule has 2 unspecified atom stereocenters. The Morgan fingerprint density at radius 3 is 2.67 bits per heavy atom. The number of hydrogen-bond acceptors (Lipinski definition) is 3. The van der Waals surface area contributed by atoms with Gasteiger partial charge in [-0.15, -0.1) is 0 Å². The molecule has 1 aliphatic carbocycles. The molecule has 18 heavy (non-hydrogen) atoms. The second-order valence-corrected chi connectivity index (χ2v) is 5.71. The quantitative estimate of drug-likeness (QED) is 0.756. The molecular formula is C15H29N3. The van der Waals surface area contributed by atoms with E-state index in [1.807, 2.05) is 0 Å². The number of nitrogens with zero attached hydrogens (tertiary/aromatic N) is 2. The molecule has 1 rings (SSSR count). The Balaban J connectivity index is 2.57. The molecule has 104 valence electrons. The minimum Gasteiger partial charge on any atom is -0.301 e. The minimum atomic E-state index is -0.245. The van der Waals surface area contributed by atoms with Gasteiger partial charge in [0.2, 0.25) is 0 Å². The van der Waals surface area contributed by atoms with E-state index in [4.69, 9.17) is 0 Å². The van der Waals surface area contributed by atoms with Gasteiger partial charge in [-0.25, -0.2) is 0 Å². The zero-order valence-electron chi connectivity index (χ0n) is 12.5. The van der Waals surface area contributed by atoms with Gasteiger partial charge in [0.15, 0.2) is 0 Å². The maximum Gasteiger partial charge on any atom is 0.109 e. The Hall–Kier alpha value is -0.590. The maximum atomic E-state index is 9.52. The monoisotopic (exact) mass is 251 g/mol. The third kappa shape index (κ3) is 3.46. The number of hydrogen-bond donors (Lipinski definition) is 1. The molecule has 0 aliphatic heterocycles. The summed E-state index contributed by atoms with van der Waals surface area (Å²) in [5, 5.41) is 13.0. The molecule has 1 N–H and O–H groups in total. The highest BCUT2D eigenvalue weighted by Gasteiger charge is 2.42. The molecule has 0 saturated heterocycles. The summed E-state index contributed by atoms with van der Waals surface area (Å²) in [5.41, 5.74) is -0.245. The third-order valence-electron chi connectivity index (χ3n) is 4.41. The first kappa shape index (κ1) is 15.5. The van der Waals surface area contributed by atoms with Gasteiger partial charge in [0, 0.05) is 6.04 Å². The van der Waals surface area contributed by atoms with Gasteiger partial charge in [-0.1, -0.05) is 20.3 Å². The molecule has 2 atom stereocenters. The van der Waals surface area contributed by atoms with E-state index >= 15 is 0 Å². The fraction of sp³-hybridized carbons (Fsp3) is 0.933. The van der Waals surface area contributed by atoms with E-state index in [1.54, 1.807) is 0 Å². The van der Waals surface area contributed by atoms with Gasteiger partial charge in [-0.2, -0.15) is 5.26 Å². The highest BCUT2D eigenvalue weighted by Crippen LogP contribution is 2.37. The molecule has 0 spiro atoms. The molecule has 0 aromatic carbocycles. The highest BCUT2D eigenvalue weighted by molar-refractivity contribution is 5.14. The molecule has 3 nitrogen and oxygen atoms in total. The van der Waals surface area contributed by atoms with Crippen molar-refractivity contribution >= 4 is 0 Å². The fourth-order valence-electron chi connectivity index (χ4n) is 3.31. The van der Waals surface area contributed by atoms with Gasteiger partial charge >= 0.3 is 0 Å². The molecule has 0 radical (unpaired) electrons.